The molecular weight excluding hydrogens is 514 g/mol. The highest BCUT2D eigenvalue weighted by Gasteiger charge is 2.18. The van der Waals surface area contributed by atoms with Crippen LogP contribution < -0.4 is 21.6 Å². The van der Waals surface area contributed by atoms with Gasteiger partial charge in [-0.1, -0.05) is 46.3 Å². The van der Waals surface area contributed by atoms with Crippen molar-refractivity contribution in [2.45, 2.75) is 0 Å². The second kappa shape index (κ2) is 10.6. The first-order valence-electron chi connectivity index (χ1n) is 10.3. The number of benzene rings is 3. The Balaban J connectivity index is 1.41. The molecule has 35 heavy (non-hydrogen) atoms. The van der Waals surface area contributed by atoms with Gasteiger partial charge in [-0.25, -0.2) is 5.43 Å². The number of hydrazone groups is 1. The number of rotatable bonds is 5. The number of para-hydroxylation sites is 2. The summed E-state index contributed by atoms with van der Waals surface area (Å²) < 4.78 is 0.863. The molecule has 0 spiro atoms. The van der Waals surface area contributed by atoms with Gasteiger partial charge in [0.05, 0.1) is 23.0 Å². The number of amides is 3. The first-order valence-corrected chi connectivity index (χ1v) is 11.1. The first-order chi connectivity index (χ1) is 16.9. The van der Waals surface area contributed by atoms with Gasteiger partial charge in [0.1, 0.15) is 0 Å². The second-order valence-corrected chi connectivity index (χ2v) is 8.22. The third-order valence-corrected chi connectivity index (χ3v) is 5.41. The summed E-state index contributed by atoms with van der Waals surface area (Å²) in [5, 5.41) is 9.63. The van der Waals surface area contributed by atoms with Gasteiger partial charge in [0.25, 0.3) is 11.5 Å². The maximum Gasteiger partial charge on any atom is 0.329 e. The average Bonchev–Trinajstić information content (AvgIpc) is 2.86. The van der Waals surface area contributed by atoms with Crippen molar-refractivity contribution in [1.82, 2.24) is 10.4 Å². The van der Waals surface area contributed by atoms with E-state index in [-0.39, 0.29) is 16.8 Å². The lowest BCUT2D eigenvalue weighted by atomic mass is 10.1. The number of aromatic nitrogens is 1. The lowest BCUT2D eigenvalue weighted by molar-refractivity contribution is -0.136. The molecule has 0 atom stereocenters. The average molecular weight is 532 g/mol. The molecule has 0 unspecified atom stereocenters. The van der Waals surface area contributed by atoms with Crippen molar-refractivity contribution >= 4 is 62.1 Å². The maximum atomic E-state index is 12.7. The van der Waals surface area contributed by atoms with Gasteiger partial charge >= 0.3 is 11.8 Å². The van der Waals surface area contributed by atoms with Crippen molar-refractivity contribution in [2.24, 2.45) is 5.10 Å². The van der Waals surface area contributed by atoms with Gasteiger partial charge in [0.15, 0.2) is 0 Å². The lowest BCUT2D eigenvalue weighted by Crippen LogP contribution is -2.33. The van der Waals surface area contributed by atoms with E-state index in [4.69, 9.17) is 0 Å². The molecule has 4 rings (SSSR count). The number of nitrogens with one attached hydrogen (secondary N) is 4. The number of aromatic amines is 1. The number of fused-ring (bicyclic) bond motifs is 1. The minimum atomic E-state index is -1.07. The summed E-state index contributed by atoms with van der Waals surface area (Å²) >= 11 is 3.33. The number of carbonyl (C=O) groups is 3. The minimum absolute atomic E-state index is 0.150. The molecule has 0 fully saturated rings. The van der Waals surface area contributed by atoms with Crippen LogP contribution in [0, 0.1) is 0 Å². The number of anilines is 2. The topological polar surface area (TPSA) is 133 Å². The number of hydrogen-bond acceptors (Lipinski definition) is 5. The fourth-order valence-corrected chi connectivity index (χ4v) is 3.44. The van der Waals surface area contributed by atoms with Crippen molar-refractivity contribution < 1.29 is 14.4 Å². The summed E-state index contributed by atoms with van der Waals surface area (Å²) in [7, 11) is 0. The van der Waals surface area contributed by atoms with Crippen molar-refractivity contribution in [3.8, 4) is 0 Å². The summed E-state index contributed by atoms with van der Waals surface area (Å²) in [6.45, 7) is 0. The van der Waals surface area contributed by atoms with Crippen LogP contribution in [0.15, 0.2) is 93.2 Å². The molecule has 1 heterocycles. The maximum absolute atomic E-state index is 12.7. The van der Waals surface area contributed by atoms with E-state index in [2.05, 4.69) is 42.1 Å². The fourth-order valence-electron chi connectivity index (χ4n) is 3.17. The van der Waals surface area contributed by atoms with Crippen LogP contribution in [0.3, 0.4) is 0 Å². The molecule has 0 saturated carbocycles. The van der Waals surface area contributed by atoms with Crippen LogP contribution in [-0.2, 0) is 9.59 Å². The highest BCUT2D eigenvalue weighted by atomic mass is 79.9. The zero-order valence-electron chi connectivity index (χ0n) is 18.0. The van der Waals surface area contributed by atoms with E-state index in [0.717, 1.165) is 16.1 Å². The Kier molecular flexibility index (Phi) is 7.12. The second-order valence-electron chi connectivity index (χ2n) is 7.30. The SMILES string of the molecule is O=C(N/N=C/c1cc2ccccc2[nH]c1=O)C(=O)Nc1ccccc1C(=O)Nc1ccc(Br)cc1. The Morgan fingerprint density at radius 1 is 0.857 bits per heavy atom. The molecule has 9 nitrogen and oxygen atoms in total. The van der Waals surface area contributed by atoms with E-state index in [1.807, 2.05) is 12.1 Å². The number of nitrogens with zero attached hydrogens (tertiary/aromatic N) is 1. The van der Waals surface area contributed by atoms with Crippen molar-refractivity contribution in [3.63, 3.8) is 0 Å². The van der Waals surface area contributed by atoms with Crippen molar-refractivity contribution in [3.05, 3.63) is 105 Å². The van der Waals surface area contributed by atoms with Gasteiger partial charge in [-0.05, 0) is 53.9 Å². The van der Waals surface area contributed by atoms with Crippen LogP contribution in [0.25, 0.3) is 10.9 Å². The van der Waals surface area contributed by atoms with Crippen LogP contribution >= 0.6 is 15.9 Å². The van der Waals surface area contributed by atoms with Crippen LogP contribution in [-0.4, -0.2) is 28.9 Å². The van der Waals surface area contributed by atoms with Crippen molar-refractivity contribution in [1.29, 1.82) is 0 Å². The standard InChI is InChI=1S/C25H18BrN5O4/c26-17-9-11-18(12-10-17)28-23(33)19-6-2-4-8-21(19)30-24(34)25(35)31-27-14-16-13-15-5-1-3-7-20(15)29-22(16)32/h1-14H,(H,28,33)(H,29,32)(H,30,34)(H,31,35)/b27-14+. The summed E-state index contributed by atoms with van der Waals surface area (Å²) in [6, 6.07) is 22.1. The molecule has 0 aliphatic rings. The zero-order valence-corrected chi connectivity index (χ0v) is 19.6. The Labute approximate surface area is 207 Å². The smallest absolute Gasteiger partial charge is 0.322 e. The van der Waals surface area contributed by atoms with E-state index < -0.39 is 23.3 Å². The van der Waals surface area contributed by atoms with Gasteiger partial charge in [-0.15, -0.1) is 0 Å². The Morgan fingerprint density at radius 2 is 1.57 bits per heavy atom. The lowest BCUT2D eigenvalue weighted by Gasteiger charge is -2.11. The van der Waals surface area contributed by atoms with Crippen LogP contribution in [0.2, 0.25) is 0 Å². The van der Waals surface area contributed by atoms with Gasteiger partial charge in [0.2, 0.25) is 0 Å². The molecule has 3 amide bonds. The third kappa shape index (κ3) is 5.87. The summed E-state index contributed by atoms with van der Waals surface area (Å²) in [5.41, 5.74) is 3.45. The third-order valence-electron chi connectivity index (χ3n) is 4.88. The van der Waals surface area contributed by atoms with E-state index >= 15 is 0 Å². The van der Waals surface area contributed by atoms with Gasteiger partial charge in [-0.3, -0.25) is 19.2 Å². The van der Waals surface area contributed by atoms with Gasteiger partial charge in [-0.2, -0.15) is 5.10 Å². The molecule has 1 aromatic heterocycles. The minimum Gasteiger partial charge on any atom is -0.322 e. The van der Waals surface area contributed by atoms with Gasteiger partial charge < -0.3 is 15.6 Å². The number of H-pyrrole nitrogens is 1. The molecule has 4 N–H and O–H groups in total. The molecule has 0 saturated heterocycles. The molecule has 4 aromatic rings. The number of hydrogen-bond donors (Lipinski definition) is 4. The first kappa shape index (κ1) is 23.6. The number of carbonyl (C=O) groups excluding carboxylic acids is 3. The normalized spacial score (nSPS) is 10.8. The Bertz CT molecular complexity index is 1510. The fraction of sp³-hybridized carbons (Fsp3) is 0. The van der Waals surface area contributed by atoms with Crippen molar-refractivity contribution in [2.75, 3.05) is 10.6 Å². The zero-order chi connectivity index (χ0) is 24.8. The molecule has 174 valence electrons. The Morgan fingerprint density at radius 3 is 2.37 bits per heavy atom. The molecule has 0 bridgehead atoms. The highest BCUT2D eigenvalue weighted by molar-refractivity contribution is 9.10. The van der Waals surface area contributed by atoms with E-state index in [1.54, 1.807) is 54.6 Å². The molecular formula is C25H18BrN5O4. The van der Waals surface area contributed by atoms with Gasteiger partial charge in [0, 0.05) is 15.7 Å². The summed E-state index contributed by atoms with van der Waals surface area (Å²) in [5.74, 6) is -2.56. The monoisotopic (exact) mass is 531 g/mol. The highest BCUT2D eigenvalue weighted by Crippen LogP contribution is 2.19. The molecule has 3 aromatic carbocycles. The van der Waals surface area contributed by atoms with Crippen LogP contribution in [0.5, 0.6) is 0 Å². The number of pyridine rings is 1. The Hall–Kier alpha value is -4.57. The number of halogens is 1. The van der Waals surface area contributed by atoms with E-state index in [9.17, 15) is 19.2 Å². The predicted molar refractivity (Wildman–Crippen MR) is 137 cm³/mol. The van der Waals surface area contributed by atoms with E-state index in [1.165, 1.54) is 12.1 Å². The molecule has 0 aliphatic heterocycles. The molecule has 10 heteroatoms. The van der Waals surface area contributed by atoms with Crippen LogP contribution in [0.4, 0.5) is 11.4 Å². The summed E-state index contributed by atoms with van der Waals surface area (Å²) in [6.07, 6.45) is 1.15. The van der Waals surface area contributed by atoms with E-state index in [0.29, 0.717) is 11.2 Å². The largest absolute Gasteiger partial charge is 0.329 e. The molecule has 0 radical (unpaired) electrons. The quantitative estimate of drug-likeness (QED) is 0.178. The summed E-state index contributed by atoms with van der Waals surface area (Å²) in [4.78, 5) is 52.1. The molecule has 0 aliphatic carbocycles. The predicted octanol–water partition coefficient (Wildman–Crippen LogP) is 3.63. The van der Waals surface area contributed by atoms with Crippen LogP contribution in [0.1, 0.15) is 15.9 Å².